The van der Waals surface area contributed by atoms with Crippen LogP contribution >= 0.6 is 11.6 Å². The fraction of sp³-hybridized carbons (Fsp3) is 0.438. The Labute approximate surface area is 149 Å². The van der Waals surface area contributed by atoms with Gasteiger partial charge in [-0.15, -0.1) is 0 Å². The molecule has 0 fully saturated rings. The van der Waals surface area contributed by atoms with E-state index in [0.29, 0.717) is 0 Å². The maximum atomic E-state index is 12.2. The highest BCUT2D eigenvalue weighted by atomic mass is 35.5. The molecule has 0 spiro atoms. The summed E-state index contributed by atoms with van der Waals surface area (Å²) in [5.74, 6) is -1.80. The van der Waals surface area contributed by atoms with Gasteiger partial charge in [-0.2, -0.15) is 5.26 Å². The number of hydrogen-bond acceptors (Lipinski definition) is 6. The molecule has 9 heteroatoms. The molecule has 0 saturated heterocycles. The Morgan fingerprint density at radius 3 is 2.48 bits per heavy atom. The van der Waals surface area contributed by atoms with Crippen molar-refractivity contribution in [1.29, 1.82) is 5.26 Å². The summed E-state index contributed by atoms with van der Waals surface area (Å²) in [6.45, 7) is 6.42. The summed E-state index contributed by atoms with van der Waals surface area (Å²) in [5, 5.41) is 22.5. The zero-order valence-electron chi connectivity index (χ0n) is 14.2. The average molecular weight is 368 g/mol. The largest absolute Gasteiger partial charge is 0.449 e. The lowest BCUT2D eigenvalue weighted by Crippen LogP contribution is -2.52. The van der Waals surface area contributed by atoms with Gasteiger partial charge in [-0.05, 0) is 25.8 Å². The van der Waals surface area contributed by atoms with Crippen LogP contribution in [0.5, 0.6) is 0 Å². The van der Waals surface area contributed by atoms with E-state index in [1.165, 1.54) is 13.0 Å². The topological polar surface area (TPSA) is 122 Å². The van der Waals surface area contributed by atoms with Crippen LogP contribution < -0.4 is 5.32 Å². The zero-order valence-corrected chi connectivity index (χ0v) is 15.0. The molecule has 1 amide bonds. The maximum absolute atomic E-state index is 12.2. The second kappa shape index (κ2) is 7.94. The molecule has 134 valence electrons. The van der Waals surface area contributed by atoms with Gasteiger partial charge in [0, 0.05) is 12.1 Å². The van der Waals surface area contributed by atoms with E-state index < -0.39 is 28.4 Å². The lowest BCUT2D eigenvalue weighted by Gasteiger charge is -2.28. The van der Waals surface area contributed by atoms with Crippen LogP contribution in [0.4, 0.5) is 5.69 Å². The highest BCUT2D eigenvalue weighted by Crippen LogP contribution is 2.23. The number of carbonyl (C=O) groups excluding carboxylic acids is 2. The second-order valence-corrected chi connectivity index (χ2v) is 6.33. The predicted octanol–water partition coefficient (Wildman–Crippen LogP) is 2.85. The molecule has 1 aromatic rings. The van der Waals surface area contributed by atoms with Crippen molar-refractivity contribution in [3.63, 3.8) is 0 Å². The van der Waals surface area contributed by atoms with Crippen LogP contribution in [0.25, 0.3) is 0 Å². The summed E-state index contributed by atoms with van der Waals surface area (Å²) in [7, 11) is 0. The van der Waals surface area contributed by atoms with Crippen molar-refractivity contribution in [2.24, 2.45) is 5.92 Å². The van der Waals surface area contributed by atoms with Crippen LogP contribution in [0.3, 0.4) is 0 Å². The van der Waals surface area contributed by atoms with E-state index in [1.807, 2.05) is 6.07 Å². The van der Waals surface area contributed by atoms with Crippen molar-refractivity contribution in [1.82, 2.24) is 5.32 Å². The summed E-state index contributed by atoms with van der Waals surface area (Å²) in [5.41, 5.74) is -1.67. The number of rotatable bonds is 6. The SMILES string of the molecule is CC(C)[C@](C)(C#N)NC(=O)[C@@H](C)OC(=O)c1cc([N+](=O)[O-])ccc1Cl. The molecule has 0 aliphatic carbocycles. The fourth-order valence-corrected chi connectivity index (χ4v) is 1.91. The quantitative estimate of drug-likeness (QED) is 0.468. The van der Waals surface area contributed by atoms with Gasteiger partial charge in [0.05, 0.1) is 21.6 Å². The Bertz CT molecular complexity index is 744. The van der Waals surface area contributed by atoms with E-state index in [4.69, 9.17) is 16.3 Å². The number of nitro groups is 1. The smallest absolute Gasteiger partial charge is 0.340 e. The van der Waals surface area contributed by atoms with Crippen LogP contribution in [0, 0.1) is 27.4 Å². The van der Waals surface area contributed by atoms with Crippen LogP contribution in [-0.4, -0.2) is 28.4 Å². The molecule has 0 unspecified atom stereocenters. The molecular formula is C16H18ClN3O5. The van der Waals surface area contributed by atoms with E-state index in [9.17, 15) is 25.0 Å². The summed E-state index contributed by atoms with van der Waals surface area (Å²) >= 11 is 5.86. The Hall–Kier alpha value is -2.66. The third-order valence-electron chi connectivity index (χ3n) is 3.80. The fourth-order valence-electron chi connectivity index (χ4n) is 1.72. The van der Waals surface area contributed by atoms with Crippen molar-refractivity contribution in [3.8, 4) is 6.07 Å². The van der Waals surface area contributed by atoms with Gasteiger partial charge < -0.3 is 10.1 Å². The van der Waals surface area contributed by atoms with Crippen LogP contribution in [0.15, 0.2) is 18.2 Å². The molecule has 0 aromatic heterocycles. The third kappa shape index (κ3) is 4.90. The van der Waals surface area contributed by atoms with Crippen molar-refractivity contribution in [3.05, 3.63) is 38.9 Å². The van der Waals surface area contributed by atoms with E-state index in [0.717, 1.165) is 12.1 Å². The number of amides is 1. The second-order valence-electron chi connectivity index (χ2n) is 5.93. The van der Waals surface area contributed by atoms with Crippen molar-refractivity contribution in [2.75, 3.05) is 0 Å². The number of nitro benzene ring substituents is 1. The number of benzene rings is 1. The maximum Gasteiger partial charge on any atom is 0.340 e. The average Bonchev–Trinajstić information content (AvgIpc) is 2.54. The number of nitrogens with zero attached hydrogens (tertiary/aromatic N) is 2. The number of non-ortho nitro benzene ring substituents is 1. The van der Waals surface area contributed by atoms with Gasteiger partial charge in [0.2, 0.25) is 0 Å². The molecule has 0 bridgehead atoms. The minimum absolute atomic E-state index is 0.0350. The Balaban J connectivity index is 2.90. The number of carbonyl (C=O) groups is 2. The van der Waals surface area contributed by atoms with Gasteiger partial charge in [0.25, 0.3) is 11.6 Å². The number of esters is 1. The first-order valence-electron chi connectivity index (χ1n) is 7.40. The molecule has 0 radical (unpaired) electrons. The van der Waals surface area contributed by atoms with E-state index in [2.05, 4.69) is 5.32 Å². The third-order valence-corrected chi connectivity index (χ3v) is 4.13. The summed E-state index contributed by atoms with van der Waals surface area (Å²) in [4.78, 5) is 34.4. The summed E-state index contributed by atoms with van der Waals surface area (Å²) < 4.78 is 5.02. The molecule has 1 N–H and O–H groups in total. The molecule has 0 heterocycles. The Kier molecular flexibility index (Phi) is 6.48. The van der Waals surface area contributed by atoms with E-state index >= 15 is 0 Å². The van der Waals surface area contributed by atoms with Crippen molar-refractivity contribution in [2.45, 2.75) is 39.3 Å². The first-order valence-corrected chi connectivity index (χ1v) is 7.77. The van der Waals surface area contributed by atoms with Crippen molar-refractivity contribution >= 4 is 29.2 Å². The number of nitrogens with one attached hydrogen (secondary N) is 1. The summed E-state index contributed by atoms with van der Waals surface area (Å²) in [6.07, 6.45) is -1.21. The molecule has 1 rings (SSSR count). The number of ether oxygens (including phenoxy) is 1. The number of nitriles is 1. The van der Waals surface area contributed by atoms with Crippen molar-refractivity contribution < 1.29 is 19.2 Å². The van der Waals surface area contributed by atoms with Crippen LogP contribution in [0.2, 0.25) is 5.02 Å². The van der Waals surface area contributed by atoms with Gasteiger partial charge in [-0.25, -0.2) is 4.79 Å². The zero-order chi connectivity index (χ0) is 19.4. The first-order chi connectivity index (χ1) is 11.5. The highest BCUT2D eigenvalue weighted by Gasteiger charge is 2.33. The Morgan fingerprint density at radius 1 is 1.40 bits per heavy atom. The highest BCUT2D eigenvalue weighted by molar-refractivity contribution is 6.33. The summed E-state index contributed by atoms with van der Waals surface area (Å²) in [6, 6.07) is 5.33. The predicted molar refractivity (Wildman–Crippen MR) is 90.0 cm³/mol. The van der Waals surface area contributed by atoms with E-state index in [-0.39, 0.29) is 22.2 Å². The van der Waals surface area contributed by atoms with Crippen LogP contribution in [0.1, 0.15) is 38.1 Å². The molecule has 1 aromatic carbocycles. The minimum atomic E-state index is -1.21. The van der Waals surface area contributed by atoms with Gasteiger partial charge in [-0.3, -0.25) is 14.9 Å². The molecule has 2 atom stereocenters. The van der Waals surface area contributed by atoms with Gasteiger partial charge in [0.15, 0.2) is 6.10 Å². The molecule has 0 aliphatic rings. The lowest BCUT2D eigenvalue weighted by atomic mass is 9.90. The molecule has 8 nitrogen and oxygen atoms in total. The van der Waals surface area contributed by atoms with E-state index in [1.54, 1.807) is 20.8 Å². The normalized spacial score (nSPS) is 14.1. The Morgan fingerprint density at radius 2 is 2.00 bits per heavy atom. The van der Waals surface area contributed by atoms with Gasteiger partial charge in [0.1, 0.15) is 5.54 Å². The number of halogens is 1. The van der Waals surface area contributed by atoms with Crippen LogP contribution in [-0.2, 0) is 9.53 Å². The molecule has 0 saturated carbocycles. The lowest BCUT2D eigenvalue weighted by molar-refractivity contribution is -0.384. The number of hydrogen-bond donors (Lipinski definition) is 1. The van der Waals surface area contributed by atoms with Gasteiger partial charge in [-0.1, -0.05) is 25.4 Å². The first kappa shape index (κ1) is 20.4. The monoisotopic (exact) mass is 367 g/mol. The standard InChI is InChI=1S/C16H18ClN3O5/c1-9(2)16(4,8-18)19-14(21)10(3)25-15(22)12-7-11(20(23)24)5-6-13(12)17/h5-7,9-10H,1-4H3,(H,19,21)/t10-,16+/m1/s1. The molecule has 25 heavy (non-hydrogen) atoms. The molecule has 0 aliphatic heterocycles. The van der Waals surface area contributed by atoms with Gasteiger partial charge >= 0.3 is 5.97 Å². The minimum Gasteiger partial charge on any atom is -0.449 e. The molecular weight excluding hydrogens is 350 g/mol.